The first-order valence-electron chi connectivity index (χ1n) is 5.15. The summed E-state index contributed by atoms with van der Waals surface area (Å²) in [5.41, 5.74) is 1.12. The second kappa shape index (κ2) is 6.02. The van der Waals surface area contributed by atoms with E-state index in [9.17, 15) is 4.57 Å². The molecule has 0 N–H and O–H groups in total. The van der Waals surface area contributed by atoms with Gasteiger partial charge in [0.1, 0.15) is 18.1 Å². The summed E-state index contributed by atoms with van der Waals surface area (Å²) in [5, 5.41) is 0. The maximum absolute atomic E-state index is 10.2. The van der Waals surface area contributed by atoms with Crippen LogP contribution >= 0.6 is 8.69 Å². The number of rotatable bonds is 5. The Labute approximate surface area is 101 Å². The highest BCUT2D eigenvalue weighted by atomic mass is 31.1. The lowest BCUT2D eigenvalue weighted by atomic mass is 10.2. The molecule has 0 aliphatic heterocycles. The van der Waals surface area contributed by atoms with Gasteiger partial charge in [-0.05, 0) is 29.8 Å². The highest BCUT2D eigenvalue weighted by Gasteiger charge is 1.97. The van der Waals surface area contributed by atoms with E-state index >= 15 is 0 Å². The van der Waals surface area contributed by atoms with Crippen molar-refractivity contribution < 1.29 is 13.8 Å². The molecule has 17 heavy (non-hydrogen) atoms. The summed E-state index contributed by atoms with van der Waals surface area (Å²) in [6.07, 6.45) is 0. The van der Waals surface area contributed by atoms with Crippen LogP contribution in [-0.2, 0) is 11.2 Å². The Kier molecular flexibility index (Phi) is 4.11. The van der Waals surface area contributed by atoms with Crippen molar-refractivity contribution in [3.63, 3.8) is 0 Å². The lowest BCUT2D eigenvalue weighted by Crippen LogP contribution is -1.94. The third-order valence-corrected chi connectivity index (χ3v) is 2.50. The first-order chi connectivity index (χ1) is 8.38. The van der Waals surface area contributed by atoms with Crippen LogP contribution in [0.15, 0.2) is 54.6 Å². The molecular weight excluding hydrogens is 235 g/mol. The van der Waals surface area contributed by atoms with E-state index < -0.39 is 0 Å². The van der Waals surface area contributed by atoms with Crippen molar-refractivity contribution in [3.05, 3.63) is 60.2 Å². The summed E-state index contributed by atoms with van der Waals surface area (Å²) in [6.45, 7) is 0.529. The Morgan fingerprint density at radius 3 is 2.18 bits per heavy atom. The molecule has 3 nitrogen and oxygen atoms in total. The van der Waals surface area contributed by atoms with E-state index in [0.29, 0.717) is 12.4 Å². The summed E-state index contributed by atoms with van der Waals surface area (Å²) < 4.78 is 20.6. The smallest absolute Gasteiger partial charge is 0.395 e. The minimum absolute atomic E-state index is 0.350. The molecule has 0 heterocycles. The quantitative estimate of drug-likeness (QED) is 0.751. The molecule has 2 rings (SSSR count). The third-order valence-electron chi connectivity index (χ3n) is 2.21. The van der Waals surface area contributed by atoms with E-state index in [1.54, 1.807) is 24.3 Å². The first kappa shape index (κ1) is 11.6. The molecule has 0 aliphatic rings. The van der Waals surface area contributed by atoms with Crippen LogP contribution in [0.3, 0.4) is 0 Å². The normalized spacial score (nSPS) is 10.1. The Morgan fingerprint density at radius 2 is 1.53 bits per heavy atom. The lowest BCUT2D eigenvalue weighted by Gasteiger charge is -2.06. The maximum atomic E-state index is 10.2. The Hall–Kier alpha value is -1.86. The van der Waals surface area contributed by atoms with Crippen LogP contribution in [0.25, 0.3) is 0 Å². The highest BCUT2D eigenvalue weighted by molar-refractivity contribution is 7.17. The maximum Gasteiger partial charge on any atom is 0.395 e. The van der Waals surface area contributed by atoms with Crippen molar-refractivity contribution in [2.45, 2.75) is 6.61 Å². The predicted octanol–water partition coefficient (Wildman–Crippen LogP) is 3.85. The van der Waals surface area contributed by atoms with Gasteiger partial charge < -0.3 is 9.26 Å². The van der Waals surface area contributed by atoms with Gasteiger partial charge in [-0.3, -0.25) is 0 Å². The average Bonchev–Trinajstić information content (AvgIpc) is 2.40. The largest absolute Gasteiger partial charge is 0.489 e. The first-order valence-corrected chi connectivity index (χ1v) is 5.88. The highest BCUT2D eigenvalue weighted by Crippen LogP contribution is 2.20. The van der Waals surface area contributed by atoms with E-state index in [2.05, 4.69) is 0 Å². The molecule has 2 aromatic carbocycles. The molecule has 0 amide bonds. The van der Waals surface area contributed by atoms with E-state index in [1.165, 1.54) is 0 Å². The molecule has 0 aliphatic carbocycles. The predicted molar refractivity (Wildman–Crippen MR) is 65.5 cm³/mol. The van der Waals surface area contributed by atoms with Crippen LogP contribution in [-0.4, -0.2) is 0 Å². The fourth-order valence-electron chi connectivity index (χ4n) is 1.38. The standard InChI is InChI=1S/C13H11O3P/c14-17-16-13-8-6-12(7-9-13)15-10-11-4-2-1-3-5-11/h1-9H,10H2. The number of hydrogen-bond acceptors (Lipinski definition) is 3. The monoisotopic (exact) mass is 246 g/mol. The van der Waals surface area contributed by atoms with Crippen LogP contribution in [0.5, 0.6) is 11.5 Å². The fraction of sp³-hybridized carbons (Fsp3) is 0.0769. The van der Waals surface area contributed by atoms with Gasteiger partial charge in [0.05, 0.1) is 0 Å². The molecule has 0 fully saturated rings. The molecule has 0 saturated heterocycles. The van der Waals surface area contributed by atoms with E-state index in [0.717, 1.165) is 11.3 Å². The van der Waals surface area contributed by atoms with Gasteiger partial charge in [0, 0.05) is 0 Å². The van der Waals surface area contributed by atoms with E-state index in [1.807, 2.05) is 30.3 Å². The van der Waals surface area contributed by atoms with Crippen LogP contribution in [0, 0.1) is 0 Å². The van der Waals surface area contributed by atoms with E-state index in [-0.39, 0.29) is 8.69 Å². The van der Waals surface area contributed by atoms with Crippen molar-refractivity contribution in [3.8, 4) is 11.5 Å². The summed E-state index contributed by atoms with van der Waals surface area (Å²) in [7, 11) is -0.350. The molecule has 0 bridgehead atoms. The van der Waals surface area contributed by atoms with Crippen molar-refractivity contribution in [1.29, 1.82) is 0 Å². The molecule has 4 heteroatoms. The number of benzene rings is 2. The molecule has 0 atom stereocenters. The second-order valence-electron chi connectivity index (χ2n) is 3.41. The fourth-order valence-corrected chi connectivity index (χ4v) is 1.59. The zero-order valence-electron chi connectivity index (χ0n) is 9.08. The molecule has 86 valence electrons. The third kappa shape index (κ3) is 3.58. The van der Waals surface area contributed by atoms with E-state index in [4.69, 9.17) is 9.26 Å². The van der Waals surface area contributed by atoms with Gasteiger partial charge in [0.2, 0.25) is 0 Å². The average molecular weight is 246 g/mol. The summed E-state index contributed by atoms with van der Waals surface area (Å²) in [4.78, 5) is 0. The van der Waals surface area contributed by atoms with Crippen LogP contribution in [0.1, 0.15) is 5.56 Å². The van der Waals surface area contributed by atoms with Crippen molar-refractivity contribution in [2.24, 2.45) is 0 Å². The van der Waals surface area contributed by atoms with Crippen LogP contribution < -0.4 is 9.26 Å². The number of hydrogen-bond donors (Lipinski definition) is 0. The zero-order chi connectivity index (χ0) is 11.9. The van der Waals surface area contributed by atoms with Gasteiger partial charge in [0.15, 0.2) is 0 Å². The van der Waals surface area contributed by atoms with Gasteiger partial charge in [-0.15, -0.1) is 0 Å². The molecular formula is C13H11O3P. The minimum Gasteiger partial charge on any atom is -0.489 e. The molecule has 0 radical (unpaired) electrons. The molecule has 2 aromatic rings. The number of ether oxygens (including phenoxy) is 1. The molecule has 0 spiro atoms. The topological polar surface area (TPSA) is 35.5 Å². The van der Waals surface area contributed by atoms with Crippen molar-refractivity contribution in [1.82, 2.24) is 0 Å². The summed E-state index contributed by atoms with van der Waals surface area (Å²) in [5.74, 6) is 1.30. The van der Waals surface area contributed by atoms with Crippen molar-refractivity contribution >= 4 is 8.69 Å². The second-order valence-corrected chi connectivity index (χ2v) is 3.74. The zero-order valence-corrected chi connectivity index (χ0v) is 9.97. The lowest BCUT2D eigenvalue weighted by molar-refractivity contribution is 0.306. The van der Waals surface area contributed by atoms with Crippen LogP contribution in [0.4, 0.5) is 0 Å². The molecule has 0 unspecified atom stereocenters. The minimum atomic E-state index is -0.350. The molecule has 0 saturated carbocycles. The molecule has 0 aromatic heterocycles. The van der Waals surface area contributed by atoms with Crippen molar-refractivity contribution in [2.75, 3.05) is 0 Å². The van der Waals surface area contributed by atoms with Gasteiger partial charge in [-0.1, -0.05) is 30.3 Å². The SMILES string of the molecule is O=POc1ccc(OCc2ccccc2)cc1. The summed E-state index contributed by atoms with van der Waals surface area (Å²) >= 11 is 0. The van der Waals surface area contributed by atoms with Crippen LogP contribution in [0.2, 0.25) is 0 Å². The summed E-state index contributed by atoms with van der Waals surface area (Å²) in [6, 6.07) is 16.9. The Bertz CT molecular complexity index is 468. The van der Waals surface area contributed by atoms with Gasteiger partial charge in [-0.25, -0.2) is 4.57 Å². The van der Waals surface area contributed by atoms with Gasteiger partial charge in [0.25, 0.3) is 0 Å². The van der Waals surface area contributed by atoms with Gasteiger partial charge in [-0.2, -0.15) is 0 Å². The Balaban J connectivity index is 1.93. The Morgan fingerprint density at radius 1 is 0.882 bits per heavy atom. The van der Waals surface area contributed by atoms with Gasteiger partial charge >= 0.3 is 8.69 Å².